The Morgan fingerprint density at radius 1 is 1.24 bits per heavy atom. The molecule has 0 aromatic carbocycles. The zero-order chi connectivity index (χ0) is 13.1. The Balaban J connectivity index is 2.87. The number of hydrogen-bond acceptors (Lipinski definition) is 4. The summed E-state index contributed by atoms with van der Waals surface area (Å²) < 4.78 is 0.562. The molecule has 0 unspecified atom stereocenters. The molecule has 0 spiro atoms. The van der Waals surface area contributed by atoms with Gasteiger partial charge >= 0.3 is 0 Å². The molecule has 88 valence electrons. The van der Waals surface area contributed by atoms with E-state index in [1.807, 2.05) is 49.4 Å². The predicted octanol–water partition coefficient (Wildman–Crippen LogP) is 1.14. The number of halogens is 1. The van der Waals surface area contributed by atoms with E-state index >= 15 is 0 Å². The topological polar surface area (TPSA) is 88.7 Å². The summed E-state index contributed by atoms with van der Waals surface area (Å²) >= 11 is 1.96. The van der Waals surface area contributed by atoms with Crippen LogP contribution in [0.1, 0.15) is 20.8 Å². The van der Waals surface area contributed by atoms with E-state index in [9.17, 15) is 15.3 Å². The van der Waals surface area contributed by atoms with E-state index in [4.69, 9.17) is 0 Å². The van der Waals surface area contributed by atoms with Crippen molar-refractivity contribution in [3.63, 3.8) is 0 Å². The van der Waals surface area contributed by atoms with Gasteiger partial charge in [-0.3, -0.25) is 4.79 Å². The quantitative estimate of drug-likeness (QED) is 0.510. The van der Waals surface area contributed by atoms with Gasteiger partial charge in [0, 0.05) is 5.41 Å². The van der Waals surface area contributed by atoms with E-state index in [-0.39, 0.29) is 5.57 Å². The van der Waals surface area contributed by atoms with E-state index in [1.165, 1.54) is 0 Å². The molecule has 1 fully saturated rings. The number of carbonyl (C=O) groups excluding carboxylic acids is 1. The van der Waals surface area contributed by atoms with Crippen LogP contribution in [0.4, 0.5) is 0 Å². The average molecular weight is 342 g/mol. The summed E-state index contributed by atoms with van der Waals surface area (Å²) in [5, 5.41) is 24.6. The predicted molar refractivity (Wildman–Crippen MR) is 68.2 cm³/mol. The molecule has 0 aliphatic carbocycles. The van der Waals surface area contributed by atoms with Crippen molar-refractivity contribution in [3.05, 3.63) is 9.28 Å². The van der Waals surface area contributed by atoms with Gasteiger partial charge in [0.15, 0.2) is 5.41 Å². The molecule has 17 heavy (non-hydrogen) atoms. The lowest BCUT2D eigenvalue weighted by Crippen LogP contribution is -2.62. The third kappa shape index (κ3) is 1.05. The van der Waals surface area contributed by atoms with Crippen LogP contribution in [-0.2, 0) is 4.79 Å². The highest BCUT2D eigenvalue weighted by Crippen LogP contribution is 2.58. The van der Waals surface area contributed by atoms with Crippen LogP contribution in [-0.4, -0.2) is 11.6 Å². The lowest BCUT2D eigenvalue weighted by molar-refractivity contribution is -0.125. The summed E-state index contributed by atoms with van der Waals surface area (Å²) in [6.45, 7) is 5.47. The SMILES string of the molecule is CC1(C)[C@@]2(C)NC(=O)[C@]1(C#N)C(C#N)=C(I)N2. The Hall–Kier alpha value is -1.28. The van der Waals surface area contributed by atoms with Crippen LogP contribution >= 0.6 is 22.6 Å². The van der Waals surface area contributed by atoms with Crippen molar-refractivity contribution in [1.29, 1.82) is 10.5 Å². The zero-order valence-electron chi connectivity index (χ0n) is 9.68. The van der Waals surface area contributed by atoms with Gasteiger partial charge in [-0.2, -0.15) is 10.5 Å². The molecule has 6 heteroatoms. The fraction of sp³-hybridized carbons (Fsp3) is 0.545. The molecular weight excluding hydrogens is 331 g/mol. The highest BCUT2D eigenvalue weighted by molar-refractivity contribution is 14.1. The number of carbonyl (C=O) groups is 1. The fourth-order valence-electron chi connectivity index (χ4n) is 2.58. The van der Waals surface area contributed by atoms with Gasteiger partial charge in [0.05, 0.1) is 21.4 Å². The normalized spacial score (nSPS) is 37.9. The molecule has 2 rings (SSSR count). The van der Waals surface area contributed by atoms with Gasteiger partial charge in [-0.15, -0.1) is 0 Å². The molecule has 2 N–H and O–H groups in total. The second-order valence-electron chi connectivity index (χ2n) is 4.99. The second-order valence-corrected chi connectivity index (χ2v) is 6.07. The number of rotatable bonds is 0. The van der Waals surface area contributed by atoms with Gasteiger partial charge in [-0.1, -0.05) is 13.8 Å². The van der Waals surface area contributed by atoms with E-state index in [2.05, 4.69) is 16.7 Å². The third-order valence-electron chi connectivity index (χ3n) is 4.13. The first kappa shape index (κ1) is 12.2. The minimum Gasteiger partial charge on any atom is -0.357 e. The van der Waals surface area contributed by atoms with Crippen LogP contribution in [0, 0.1) is 33.5 Å². The molecule has 5 nitrogen and oxygen atoms in total. The van der Waals surface area contributed by atoms with Crippen molar-refractivity contribution >= 4 is 28.5 Å². The molecule has 2 heterocycles. The molecule has 2 bridgehead atoms. The molecule has 1 amide bonds. The molecule has 1 saturated heterocycles. The molecule has 0 radical (unpaired) electrons. The lowest BCUT2D eigenvalue weighted by Gasteiger charge is -2.47. The van der Waals surface area contributed by atoms with E-state index in [0.29, 0.717) is 3.70 Å². The molecule has 2 aliphatic rings. The Morgan fingerprint density at radius 2 is 1.82 bits per heavy atom. The first-order chi connectivity index (χ1) is 7.77. The number of hydrogen-bond donors (Lipinski definition) is 2. The monoisotopic (exact) mass is 342 g/mol. The third-order valence-corrected chi connectivity index (χ3v) is 4.93. The van der Waals surface area contributed by atoms with Crippen molar-refractivity contribution in [1.82, 2.24) is 10.6 Å². The molecular formula is C11H11IN4O. The summed E-state index contributed by atoms with van der Waals surface area (Å²) in [5.41, 5.74) is -2.61. The smallest absolute Gasteiger partial charge is 0.248 e. The number of amides is 1. The molecule has 2 atom stereocenters. The van der Waals surface area contributed by atoms with Gasteiger partial charge in [0.25, 0.3) is 0 Å². The van der Waals surface area contributed by atoms with Gasteiger partial charge in [0.2, 0.25) is 5.91 Å². The Morgan fingerprint density at radius 3 is 2.29 bits per heavy atom. The van der Waals surface area contributed by atoms with Crippen LogP contribution in [0.15, 0.2) is 9.28 Å². The maximum Gasteiger partial charge on any atom is 0.248 e. The molecule has 2 aliphatic heterocycles. The number of nitrogens with zero attached hydrogens (tertiary/aromatic N) is 2. The van der Waals surface area contributed by atoms with Gasteiger partial charge < -0.3 is 10.6 Å². The maximum atomic E-state index is 12.2. The van der Waals surface area contributed by atoms with E-state index in [1.54, 1.807) is 0 Å². The molecule has 0 saturated carbocycles. The maximum absolute atomic E-state index is 12.2. The number of nitriles is 2. The average Bonchev–Trinajstić information content (AvgIpc) is 2.31. The summed E-state index contributed by atoms with van der Waals surface area (Å²) in [7, 11) is 0. The number of nitrogens with one attached hydrogen (secondary N) is 2. The minimum absolute atomic E-state index is 0.207. The van der Waals surface area contributed by atoms with Crippen molar-refractivity contribution in [2.45, 2.75) is 26.4 Å². The highest BCUT2D eigenvalue weighted by Gasteiger charge is 2.71. The fourth-order valence-corrected chi connectivity index (χ4v) is 3.64. The van der Waals surface area contributed by atoms with Gasteiger partial charge in [-0.25, -0.2) is 0 Å². The van der Waals surface area contributed by atoms with Crippen LogP contribution < -0.4 is 10.6 Å². The first-order valence-electron chi connectivity index (χ1n) is 5.09. The van der Waals surface area contributed by atoms with Crippen LogP contribution in [0.5, 0.6) is 0 Å². The van der Waals surface area contributed by atoms with Gasteiger partial charge in [0.1, 0.15) is 5.66 Å². The van der Waals surface area contributed by atoms with Crippen molar-refractivity contribution < 1.29 is 4.79 Å². The van der Waals surface area contributed by atoms with Crippen molar-refractivity contribution in [2.24, 2.45) is 10.8 Å². The largest absolute Gasteiger partial charge is 0.357 e. The summed E-state index contributed by atoms with van der Waals surface area (Å²) in [6, 6.07) is 4.07. The summed E-state index contributed by atoms with van der Waals surface area (Å²) in [5.74, 6) is -0.400. The highest BCUT2D eigenvalue weighted by atomic mass is 127. The number of fused-ring (bicyclic) bond motifs is 2. The van der Waals surface area contributed by atoms with E-state index < -0.39 is 22.4 Å². The standard InChI is InChI=1S/C11H11IN4O/c1-9(2)10(3)15-7(12)6(4-13)11(9,5-14)8(17)16-10/h15H,1-3H3,(H,16,17)/t10-,11+/m1/s1. The van der Waals surface area contributed by atoms with Crippen molar-refractivity contribution in [3.8, 4) is 12.1 Å². The first-order valence-corrected chi connectivity index (χ1v) is 6.17. The van der Waals surface area contributed by atoms with Crippen molar-refractivity contribution in [2.75, 3.05) is 0 Å². The summed E-state index contributed by atoms with van der Waals surface area (Å²) in [6.07, 6.45) is 0. The zero-order valence-corrected chi connectivity index (χ0v) is 11.8. The minimum atomic E-state index is -1.40. The summed E-state index contributed by atoms with van der Waals surface area (Å²) in [4.78, 5) is 12.2. The molecule has 0 aromatic rings. The van der Waals surface area contributed by atoms with Crippen LogP contribution in [0.25, 0.3) is 0 Å². The van der Waals surface area contributed by atoms with Crippen LogP contribution in [0.2, 0.25) is 0 Å². The van der Waals surface area contributed by atoms with E-state index in [0.717, 1.165) is 0 Å². The second kappa shape index (κ2) is 3.14. The lowest BCUT2D eigenvalue weighted by atomic mass is 9.58. The van der Waals surface area contributed by atoms with Gasteiger partial charge in [-0.05, 0) is 29.5 Å². The Bertz CT molecular complexity index is 539. The Labute approximate surface area is 113 Å². The Kier molecular flexibility index (Phi) is 2.25. The van der Waals surface area contributed by atoms with Crippen LogP contribution in [0.3, 0.4) is 0 Å². The molecule has 0 aromatic heterocycles.